The Labute approximate surface area is 103 Å². The quantitative estimate of drug-likeness (QED) is 0.821. The molecule has 3 nitrogen and oxygen atoms in total. The largest absolute Gasteiger partial charge is 0.353 e. The minimum Gasteiger partial charge on any atom is -0.353 e. The monoisotopic (exact) mass is 232 g/mol. The van der Waals surface area contributed by atoms with E-state index in [0.29, 0.717) is 12.6 Å². The van der Waals surface area contributed by atoms with Crippen LogP contribution in [0.5, 0.6) is 0 Å². The average molecular weight is 232 g/mol. The van der Waals surface area contributed by atoms with Gasteiger partial charge >= 0.3 is 0 Å². The summed E-state index contributed by atoms with van der Waals surface area (Å²) in [7, 11) is 0. The van der Waals surface area contributed by atoms with E-state index < -0.39 is 0 Å². The summed E-state index contributed by atoms with van der Waals surface area (Å²) >= 11 is 0. The lowest BCUT2D eigenvalue weighted by Gasteiger charge is -2.13. The Hall–Kier alpha value is -1.35. The van der Waals surface area contributed by atoms with Gasteiger partial charge in [0.05, 0.1) is 6.54 Å². The summed E-state index contributed by atoms with van der Waals surface area (Å²) in [6.45, 7) is 4.36. The molecular weight excluding hydrogens is 212 g/mol. The van der Waals surface area contributed by atoms with Gasteiger partial charge in [-0.05, 0) is 37.8 Å². The minimum atomic E-state index is 0.0796. The zero-order chi connectivity index (χ0) is 12.3. The molecule has 0 atom stereocenters. The van der Waals surface area contributed by atoms with Crippen LogP contribution in [0.15, 0.2) is 24.3 Å². The molecule has 92 valence electrons. The fourth-order valence-corrected chi connectivity index (χ4v) is 2.31. The molecule has 2 N–H and O–H groups in total. The molecule has 1 aliphatic rings. The zero-order valence-electron chi connectivity index (χ0n) is 10.5. The van der Waals surface area contributed by atoms with Crippen molar-refractivity contribution in [2.45, 2.75) is 38.8 Å². The predicted molar refractivity (Wildman–Crippen MR) is 68.9 cm³/mol. The molecule has 3 heteroatoms. The van der Waals surface area contributed by atoms with Crippen molar-refractivity contribution in [3.63, 3.8) is 0 Å². The number of rotatable bonds is 4. The van der Waals surface area contributed by atoms with Crippen LogP contribution in [0, 0.1) is 0 Å². The fourth-order valence-electron chi connectivity index (χ4n) is 2.31. The Morgan fingerprint density at radius 2 is 1.88 bits per heavy atom. The van der Waals surface area contributed by atoms with E-state index in [1.807, 2.05) is 13.8 Å². The van der Waals surface area contributed by atoms with Crippen LogP contribution < -0.4 is 10.6 Å². The van der Waals surface area contributed by atoms with Crippen LogP contribution in [0.4, 0.5) is 0 Å². The second kappa shape index (κ2) is 5.32. The first-order chi connectivity index (χ1) is 8.15. The Morgan fingerprint density at radius 1 is 1.29 bits per heavy atom. The molecule has 0 bridgehead atoms. The highest BCUT2D eigenvalue weighted by Crippen LogP contribution is 2.21. The highest BCUT2D eigenvalue weighted by atomic mass is 16.1. The minimum absolute atomic E-state index is 0.0796. The molecule has 2 rings (SSSR count). The molecule has 0 spiro atoms. The zero-order valence-corrected chi connectivity index (χ0v) is 10.5. The van der Waals surface area contributed by atoms with Crippen molar-refractivity contribution in [2.24, 2.45) is 0 Å². The second-order valence-electron chi connectivity index (χ2n) is 4.98. The van der Waals surface area contributed by atoms with Gasteiger partial charge in [0.1, 0.15) is 0 Å². The number of carbonyl (C=O) groups excluding carboxylic acids is 1. The van der Waals surface area contributed by atoms with Gasteiger partial charge in [-0.2, -0.15) is 0 Å². The van der Waals surface area contributed by atoms with Gasteiger partial charge in [-0.3, -0.25) is 4.79 Å². The molecule has 17 heavy (non-hydrogen) atoms. The van der Waals surface area contributed by atoms with Gasteiger partial charge in [0.25, 0.3) is 0 Å². The molecular formula is C14H20N2O. The van der Waals surface area contributed by atoms with E-state index in [9.17, 15) is 4.79 Å². The lowest BCUT2D eigenvalue weighted by atomic mass is 10.1. The number of hydrogen-bond acceptors (Lipinski definition) is 2. The van der Waals surface area contributed by atoms with Crippen LogP contribution in [0.2, 0.25) is 0 Å². The summed E-state index contributed by atoms with van der Waals surface area (Å²) < 4.78 is 0. The third-order valence-corrected chi connectivity index (χ3v) is 3.05. The topological polar surface area (TPSA) is 41.1 Å². The lowest BCUT2D eigenvalue weighted by Crippen LogP contribution is -2.41. The summed E-state index contributed by atoms with van der Waals surface area (Å²) in [6, 6.07) is 9.12. The lowest BCUT2D eigenvalue weighted by molar-refractivity contribution is -0.120. The van der Waals surface area contributed by atoms with Gasteiger partial charge in [-0.15, -0.1) is 0 Å². The Morgan fingerprint density at radius 3 is 2.41 bits per heavy atom. The van der Waals surface area contributed by atoms with Crippen molar-refractivity contribution in [2.75, 3.05) is 6.54 Å². The van der Waals surface area contributed by atoms with Crippen LogP contribution in [0.25, 0.3) is 0 Å². The van der Waals surface area contributed by atoms with E-state index in [1.165, 1.54) is 11.1 Å². The Balaban J connectivity index is 1.78. The van der Waals surface area contributed by atoms with Crippen LogP contribution in [-0.2, 0) is 17.6 Å². The van der Waals surface area contributed by atoms with Crippen LogP contribution in [0.3, 0.4) is 0 Å². The van der Waals surface area contributed by atoms with Gasteiger partial charge in [0.2, 0.25) is 5.91 Å². The molecule has 1 aromatic rings. The van der Waals surface area contributed by atoms with Crippen LogP contribution >= 0.6 is 0 Å². The molecule has 0 heterocycles. The first-order valence-electron chi connectivity index (χ1n) is 6.24. The highest BCUT2D eigenvalue weighted by molar-refractivity contribution is 5.78. The van der Waals surface area contributed by atoms with Gasteiger partial charge in [-0.1, -0.05) is 24.3 Å². The average Bonchev–Trinajstić information content (AvgIpc) is 2.68. The first-order valence-corrected chi connectivity index (χ1v) is 6.24. The summed E-state index contributed by atoms with van der Waals surface area (Å²) in [5, 5.41) is 6.21. The predicted octanol–water partition coefficient (Wildman–Crippen LogP) is 1.27. The number of benzene rings is 1. The van der Waals surface area contributed by atoms with Crippen molar-refractivity contribution >= 4 is 5.91 Å². The summed E-state index contributed by atoms with van der Waals surface area (Å²) in [6.07, 6.45) is 2.07. The van der Waals surface area contributed by atoms with Gasteiger partial charge < -0.3 is 10.6 Å². The van der Waals surface area contributed by atoms with Gasteiger partial charge in [-0.25, -0.2) is 0 Å². The molecule has 1 amide bonds. The van der Waals surface area contributed by atoms with E-state index in [4.69, 9.17) is 0 Å². The maximum absolute atomic E-state index is 11.5. The van der Waals surface area contributed by atoms with Crippen molar-refractivity contribution in [3.05, 3.63) is 35.4 Å². The molecule has 0 saturated carbocycles. The van der Waals surface area contributed by atoms with E-state index >= 15 is 0 Å². The molecule has 0 unspecified atom stereocenters. The standard InChI is InChI=1S/C14H20N2O/c1-10(2)16-14(17)9-15-13-7-11-5-3-4-6-12(11)8-13/h3-6,10,13,15H,7-9H2,1-2H3,(H,16,17). The van der Waals surface area contributed by atoms with Crippen molar-refractivity contribution in [3.8, 4) is 0 Å². The maximum Gasteiger partial charge on any atom is 0.234 e. The van der Waals surface area contributed by atoms with Crippen molar-refractivity contribution < 1.29 is 4.79 Å². The van der Waals surface area contributed by atoms with Gasteiger partial charge in [0.15, 0.2) is 0 Å². The smallest absolute Gasteiger partial charge is 0.234 e. The molecule has 0 saturated heterocycles. The molecule has 0 fully saturated rings. The van der Waals surface area contributed by atoms with E-state index in [0.717, 1.165) is 12.8 Å². The van der Waals surface area contributed by atoms with Crippen LogP contribution in [-0.4, -0.2) is 24.5 Å². The maximum atomic E-state index is 11.5. The van der Waals surface area contributed by atoms with E-state index in [1.54, 1.807) is 0 Å². The molecule has 0 radical (unpaired) electrons. The van der Waals surface area contributed by atoms with Crippen molar-refractivity contribution in [1.82, 2.24) is 10.6 Å². The number of nitrogens with one attached hydrogen (secondary N) is 2. The van der Waals surface area contributed by atoms with E-state index in [2.05, 4.69) is 34.9 Å². The fraction of sp³-hybridized carbons (Fsp3) is 0.500. The highest BCUT2D eigenvalue weighted by Gasteiger charge is 2.20. The molecule has 1 aromatic carbocycles. The second-order valence-corrected chi connectivity index (χ2v) is 4.98. The normalized spacial score (nSPS) is 15.0. The van der Waals surface area contributed by atoms with Gasteiger partial charge in [0, 0.05) is 12.1 Å². The first kappa shape index (κ1) is 12.1. The number of fused-ring (bicyclic) bond motifs is 1. The third kappa shape index (κ3) is 3.30. The SMILES string of the molecule is CC(C)NC(=O)CNC1Cc2ccccc2C1. The molecule has 0 aliphatic heterocycles. The number of amides is 1. The number of carbonyl (C=O) groups is 1. The molecule has 1 aliphatic carbocycles. The summed E-state index contributed by atoms with van der Waals surface area (Å²) in [5.41, 5.74) is 2.82. The van der Waals surface area contributed by atoms with Crippen LogP contribution in [0.1, 0.15) is 25.0 Å². The van der Waals surface area contributed by atoms with Crippen molar-refractivity contribution in [1.29, 1.82) is 0 Å². The number of hydrogen-bond donors (Lipinski definition) is 2. The Bertz CT molecular complexity index is 376. The third-order valence-electron chi connectivity index (χ3n) is 3.05. The summed E-state index contributed by atoms with van der Waals surface area (Å²) in [4.78, 5) is 11.5. The van der Waals surface area contributed by atoms with E-state index in [-0.39, 0.29) is 11.9 Å². The Kier molecular flexibility index (Phi) is 3.79. The summed E-state index contributed by atoms with van der Waals surface area (Å²) in [5.74, 6) is 0.0796. The molecule has 0 aromatic heterocycles.